The fraction of sp³-hybridized carbons (Fsp3) is 1.00. The van der Waals surface area contributed by atoms with Gasteiger partial charge in [-0.25, -0.2) is 4.57 Å². The Kier molecular flexibility index (Phi) is 4.91. The Bertz CT molecular complexity index is 423. The van der Waals surface area contributed by atoms with Crippen molar-refractivity contribution < 1.29 is 38.9 Å². The smallest absolute Gasteiger partial charge is 0.387 e. The summed E-state index contributed by atoms with van der Waals surface area (Å²) >= 11 is 0. The predicted octanol–water partition coefficient (Wildman–Crippen LogP) is -1.40. The van der Waals surface area contributed by atoms with E-state index in [-0.39, 0.29) is 0 Å². The molecule has 1 rings (SSSR count). The third kappa shape index (κ3) is 3.86. The summed E-state index contributed by atoms with van der Waals surface area (Å²) in [6.45, 7) is 0.310. The van der Waals surface area contributed by atoms with E-state index in [1.165, 1.54) is 6.92 Å². The standard InChI is InChI=1S/C7H14N3O8P/c1-3(9-10-8)5-4(11)6(12)7(13,18-5)2-17-19(14,15)16/h3-6,11-13H,2H2,1H3,(H2,14,15,16)/t3-,4+,5+,6-,7?/m0/s1. The van der Waals surface area contributed by atoms with E-state index in [1.54, 1.807) is 0 Å². The number of phosphoric acid groups is 1. The van der Waals surface area contributed by atoms with Crippen LogP contribution < -0.4 is 0 Å². The highest BCUT2D eigenvalue weighted by Gasteiger charge is 2.55. The van der Waals surface area contributed by atoms with Crippen molar-refractivity contribution in [2.75, 3.05) is 6.61 Å². The van der Waals surface area contributed by atoms with E-state index in [1.807, 2.05) is 0 Å². The summed E-state index contributed by atoms with van der Waals surface area (Å²) < 4.78 is 19.5. The van der Waals surface area contributed by atoms with Crippen LogP contribution in [0.5, 0.6) is 0 Å². The largest absolute Gasteiger partial charge is 0.469 e. The first-order chi connectivity index (χ1) is 8.60. The second-order valence-electron chi connectivity index (χ2n) is 4.07. The molecular formula is C7H14N3O8P. The number of ether oxygens (including phenoxy) is 1. The first-order valence-electron chi connectivity index (χ1n) is 5.11. The van der Waals surface area contributed by atoms with Gasteiger partial charge in [0, 0.05) is 4.91 Å². The molecule has 0 radical (unpaired) electrons. The third-order valence-electron chi connectivity index (χ3n) is 2.61. The molecule has 19 heavy (non-hydrogen) atoms. The van der Waals surface area contributed by atoms with Gasteiger partial charge in [0.25, 0.3) is 0 Å². The fourth-order valence-corrected chi connectivity index (χ4v) is 2.00. The van der Waals surface area contributed by atoms with Crippen molar-refractivity contribution in [2.45, 2.75) is 37.1 Å². The number of hydrogen-bond acceptors (Lipinski definition) is 7. The highest BCUT2D eigenvalue weighted by molar-refractivity contribution is 7.46. The monoisotopic (exact) mass is 299 g/mol. The van der Waals surface area contributed by atoms with E-state index in [4.69, 9.17) is 20.1 Å². The third-order valence-corrected chi connectivity index (χ3v) is 3.08. The SMILES string of the molecule is C[C@H](N=[N+]=[N-])[C@H]1OC(O)(COP(=O)(O)O)[C@@H](O)[C@@H]1O. The maximum atomic E-state index is 10.5. The van der Waals surface area contributed by atoms with Crippen LogP contribution in [0, 0.1) is 0 Å². The number of phosphoric ester groups is 1. The van der Waals surface area contributed by atoms with Gasteiger partial charge >= 0.3 is 7.82 Å². The molecule has 1 unspecified atom stereocenters. The molecule has 0 amide bonds. The average molecular weight is 299 g/mol. The van der Waals surface area contributed by atoms with Crippen LogP contribution in [0.4, 0.5) is 0 Å². The van der Waals surface area contributed by atoms with Gasteiger partial charge in [-0.05, 0) is 5.53 Å². The number of aliphatic hydroxyl groups is 3. The lowest BCUT2D eigenvalue weighted by atomic mass is 10.0. The molecule has 0 bridgehead atoms. The van der Waals surface area contributed by atoms with Crippen LogP contribution in [0.3, 0.4) is 0 Å². The maximum absolute atomic E-state index is 10.5. The minimum Gasteiger partial charge on any atom is -0.387 e. The van der Waals surface area contributed by atoms with Crippen molar-refractivity contribution in [1.82, 2.24) is 0 Å². The Labute approximate surface area is 107 Å². The highest BCUT2D eigenvalue weighted by atomic mass is 31.2. The molecule has 5 atom stereocenters. The van der Waals surface area contributed by atoms with Crippen molar-refractivity contribution in [3.05, 3.63) is 10.4 Å². The lowest BCUT2D eigenvalue weighted by Crippen LogP contribution is -2.46. The Morgan fingerprint density at radius 3 is 2.63 bits per heavy atom. The topological polar surface area (TPSA) is 185 Å². The van der Waals surface area contributed by atoms with Crippen LogP contribution in [0.1, 0.15) is 6.92 Å². The molecule has 0 aromatic rings. The van der Waals surface area contributed by atoms with Crippen LogP contribution in [0.15, 0.2) is 5.11 Å². The Morgan fingerprint density at radius 1 is 1.58 bits per heavy atom. The first-order valence-corrected chi connectivity index (χ1v) is 6.64. The Morgan fingerprint density at radius 2 is 2.16 bits per heavy atom. The van der Waals surface area contributed by atoms with Gasteiger partial charge in [-0.15, -0.1) is 0 Å². The van der Waals surface area contributed by atoms with Gasteiger partial charge in [-0.1, -0.05) is 12.0 Å². The molecule has 1 aliphatic rings. The van der Waals surface area contributed by atoms with Gasteiger partial charge < -0.3 is 29.8 Å². The molecule has 1 aliphatic heterocycles. The zero-order valence-corrected chi connectivity index (χ0v) is 10.7. The van der Waals surface area contributed by atoms with Crippen LogP contribution in [-0.2, 0) is 13.8 Å². The average Bonchev–Trinajstić information content (AvgIpc) is 2.52. The molecule has 12 heteroatoms. The molecular weight excluding hydrogens is 285 g/mol. The summed E-state index contributed by atoms with van der Waals surface area (Å²) in [5, 5.41) is 32.4. The quantitative estimate of drug-likeness (QED) is 0.177. The van der Waals surface area contributed by atoms with Gasteiger partial charge in [-0.2, -0.15) is 0 Å². The van der Waals surface area contributed by atoms with E-state index in [0.717, 1.165) is 0 Å². The lowest BCUT2D eigenvalue weighted by molar-refractivity contribution is -0.244. The zero-order valence-electron chi connectivity index (χ0n) is 9.77. The van der Waals surface area contributed by atoms with Crippen LogP contribution >= 0.6 is 7.82 Å². The van der Waals surface area contributed by atoms with E-state index in [2.05, 4.69) is 14.5 Å². The van der Waals surface area contributed by atoms with Crippen molar-refractivity contribution in [3.8, 4) is 0 Å². The minimum absolute atomic E-state index is 0.918. The second kappa shape index (κ2) is 5.71. The van der Waals surface area contributed by atoms with Crippen molar-refractivity contribution in [1.29, 1.82) is 0 Å². The van der Waals surface area contributed by atoms with Crippen LogP contribution in [-0.4, -0.2) is 61.9 Å². The second-order valence-corrected chi connectivity index (χ2v) is 5.31. The molecule has 0 aromatic heterocycles. The molecule has 1 heterocycles. The summed E-state index contributed by atoms with van der Waals surface area (Å²) in [5.41, 5.74) is 8.26. The molecule has 0 aliphatic carbocycles. The summed E-state index contributed by atoms with van der Waals surface area (Å²) in [4.78, 5) is 19.5. The fourth-order valence-electron chi connectivity index (χ4n) is 1.65. The Hall–Kier alpha value is -0.740. The summed E-state index contributed by atoms with van der Waals surface area (Å²) in [5.74, 6) is -2.51. The normalized spacial score (nSPS) is 36.8. The van der Waals surface area contributed by atoms with Crippen molar-refractivity contribution in [2.24, 2.45) is 5.11 Å². The van der Waals surface area contributed by atoms with Gasteiger partial charge in [0.05, 0.1) is 12.1 Å². The predicted molar refractivity (Wildman–Crippen MR) is 58.4 cm³/mol. The highest BCUT2D eigenvalue weighted by Crippen LogP contribution is 2.40. The molecule has 0 spiro atoms. The molecule has 1 saturated heterocycles. The number of aliphatic hydroxyl groups excluding tert-OH is 2. The van der Waals surface area contributed by atoms with Gasteiger partial charge in [0.1, 0.15) is 18.8 Å². The molecule has 0 saturated carbocycles. The van der Waals surface area contributed by atoms with Gasteiger partial charge in [0.15, 0.2) is 0 Å². The van der Waals surface area contributed by atoms with Gasteiger partial charge in [-0.3, -0.25) is 4.52 Å². The van der Waals surface area contributed by atoms with Crippen molar-refractivity contribution in [3.63, 3.8) is 0 Å². The first kappa shape index (κ1) is 16.3. The maximum Gasteiger partial charge on any atom is 0.469 e. The molecule has 1 fully saturated rings. The molecule has 110 valence electrons. The number of hydrogen-bond donors (Lipinski definition) is 5. The number of rotatable bonds is 5. The zero-order chi connectivity index (χ0) is 14.8. The molecule has 11 nitrogen and oxygen atoms in total. The minimum atomic E-state index is -4.88. The van der Waals surface area contributed by atoms with Crippen LogP contribution in [0.25, 0.3) is 10.4 Å². The number of azide groups is 1. The van der Waals surface area contributed by atoms with Crippen LogP contribution in [0.2, 0.25) is 0 Å². The van der Waals surface area contributed by atoms with E-state index in [9.17, 15) is 19.9 Å². The summed E-state index contributed by atoms with van der Waals surface area (Å²) in [6, 6.07) is -0.918. The van der Waals surface area contributed by atoms with E-state index >= 15 is 0 Å². The molecule has 5 N–H and O–H groups in total. The Balaban J connectivity index is 2.81. The van der Waals surface area contributed by atoms with Crippen molar-refractivity contribution >= 4 is 7.82 Å². The van der Waals surface area contributed by atoms with E-state index < -0.39 is 44.6 Å². The van der Waals surface area contributed by atoms with E-state index in [0.29, 0.717) is 0 Å². The van der Waals surface area contributed by atoms with Gasteiger partial charge in [0.2, 0.25) is 5.79 Å². The molecule has 0 aromatic carbocycles. The summed E-state index contributed by atoms with van der Waals surface area (Å²) in [7, 11) is -4.88. The summed E-state index contributed by atoms with van der Waals surface area (Å²) in [6.07, 6.45) is -4.72. The lowest BCUT2D eigenvalue weighted by Gasteiger charge is -2.25. The number of nitrogens with zero attached hydrogens (tertiary/aromatic N) is 3.